The molecule has 0 spiro atoms. The molecule has 2 unspecified atom stereocenters. The van der Waals surface area contributed by atoms with Crippen molar-refractivity contribution in [3.8, 4) is 17.2 Å². The van der Waals surface area contributed by atoms with Gasteiger partial charge in [-0.3, -0.25) is 0 Å². The summed E-state index contributed by atoms with van der Waals surface area (Å²) in [7, 11) is 0. The number of hydrogen-bond donors (Lipinski definition) is 0. The zero-order valence-electron chi connectivity index (χ0n) is 17.6. The maximum atomic E-state index is 6.02. The number of aromatic nitrogens is 4. The highest BCUT2D eigenvalue weighted by molar-refractivity contribution is 6.30. The summed E-state index contributed by atoms with van der Waals surface area (Å²) in [5.41, 5.74) is 0.888. The van der Waals surface area contributed by atoms with Crippen molar-refractivity contribution in [1.82, 2.24) is 20.2 Å². The highest BCUT2D eigenvalue weighted by Gasteiger charge is 2.43. The second-order valence-electron chi connectivity index (χ2n) is 8.48. The zero-order chi connectivity index (χ0) is 21.2. The van der Waals surface area contributed by atoms with Crippen molar-refractivity contribution in [1.29, 1.82) is 0 Å². The molecule has 0 radical (unpaired) electrons. The van der Waals surface area contributed by atoms with Crippen LogP contribution in [0.25, 0.3) is 11.5 Å². The van der Waals surface area contributed by atoms with Crippen LogP contribution in [0.5, 0.6) is 5.75 Å². The highest BCUT2D eigenvalue weighted by atomic mass is 35.5. The number of hydrogen-bond acceptors (Lipinski definition) is 7. The smallest absolute Gasteiger partial charge is 0.247 e. The lowest BCUT2D eigenvalue weighted by Crippen LogP contribution is -2.35. The quantitative estimate of drug-likeness (QED) is 0.522. The predicted molar refractivity (Wildman–Crippen MR) is 118 cm³/mol. The molecule has 7 nitrogen and oxygen atoms in total. The van der Waals surface area contributed by atoms with Gasteiger partial charge >= 0.3 is 0 Å². The molecule has 1 saturated carbocycles. The van der Waals surface area contributed by atoms with Crippen LogP contribution in [0, 0.1) is 24.7 Å². The second-order valence-corrected chi connectivity index (χ2v) is 8.91. The van der Waals surface area contributed by atoms with Gasteiger partial charge in [0.1, 0.15) is 5.75 Å². The van der Waals surface area contributed by atoms with Gasteiger partial charge in [0.2, 0.25) is 17.7 Å². The molecule has 1 aromatic carbocycles. The van der Waals surface area contributed by atoms with Crippen LogP contribution in [0.1, 0.15) is 31.6 Å². The van der Waals surface area contributed by atoms with Crippen LogP contribution in [0.3, 0.4) is 0 Å². The van der Waals surface area contributed by atoms with Crippen LogP contribution < -0.4 is 9.64 Å². The van der Waals surface area contributed by atoms with E-state index >= 15 is 0 Å². The molecule has 5 rings (SSSR count). The molecule has 1 aliphatic carbocycles. The molecule has 3 heterocycles. The predicted octanol–water partition coefficient (Wildman–Crippen LogP) is 4.81. The van der Waals surface area contributed by atoms with Crippen molar-refractivity contribution in [2.45, 2.75) is 32.6 Å². The molecule has 1 aliphatic heterocycles. The summed E-state index contributed by atoms with van der Waals surface area (Å²) in [5, 5.41) is 8.55. The number of anilines is 1. The molecule has 2 atom stereocenters. The van der Waals surface area contributed by atoms with Gasteiger partial charge in [-0.15, -0.1) is 10.2 Å². The number of piperidine rings is 1. The topological polar surface area (TPSA) is 77.2 Å². The summed E-state index contributed by atoms with van der Waals surface area (Å²) in [6.07, 6.45) is 8.19. The van der Waals surface area contributed by atoms with E-state index in [-0.39, 0.29) is 0 Å². The summed E-state index contributed by atoms with van der Waals surface area (Å²) in [4.78, 5) is 11.0. The van der Waals surface area contributed by atoms with Crippen LogP contribution >= 0.6 is 11.6 Å². The molecule has 2 aromatic heterocycles. The molecular formula is C23H26ClN5O2. The van der Waals surface area contributed by atoms with Gasteiger partial charge < -0.3 is 14.1 Å². The van der Waals surface area contributed by atoms with Crippen molar-refractivity contribution in [3.05, 3.63) is 47.6 Å². The number of rotatable bonds is 7. The van der Waals surface area contributed by atoms with Crippen molar-refractivity contribution < 1.29 is 9.15 Å². The van der Waals surface area contributed by atoms with Crippen LogP contribution in [-0.2, 0) is 0 Å². The molecule has 162 valence electrons. The Morgan fingerprint density at radius 1 is 1.16 bits per heavy atom. The Morgan fingerprint density at radius 2 is 1.97 bits per heavy atom. The van der Waals surface area contributed by atoms with Crippen LogP contribution in [0.4, 0.5) is 5.95 Å². The van der Waals surface area contributed by atoms with Gasteiger partial charge in [0.15, 0.2) is 0 Å². The van der Waals surface area contributed by atoms with Gasteiger partial charge in [0, 0.05) is 25.6 Å². The van der Waals surface area contributed by atoms with Crippen LogP contribution in [0.2, 0.25) is 5.02 Å². The average molecular weight is 440 g/mol. The lowest BCUT2D eigenvalue weighted by molar-refractivity contribution is 0.284. The van der Waals surface area contributed by atoms with E-state index in [1.807, 2.05) is 24.3 Å². The number of aryl methyl sites for hydroxylation is 1. The van der Waals surface area contributed by atoms with E-state index in [1.165, 1.54) is 19.3 Å². The first kappa shape index (κ1) is 20.2. The third kappa shape index (κ3) is 4.82. The fraction of sp³-hybridized carbons (Fsp3) is 0.478. The van der Waals surface area contributed by atoms with E-state index in [1.54, 1.807) is 19.3 Å². The normalized spacial score (nSPS) is 21.3. The lowest BCUT2D eigenvalue weighted by atomic mass is 9.90. The minimum atomic E-state index is 0.528. The van der Waals surface area contributed by atoms with Crippen molar-refractivity contribution in [3.63, 3.8) is 0 Å². The summed E-state index contributed by atoms with van der Waals surface area (Å²) < 4.78 is 11.5. The fourth-order valence-corrected chi connectivity index (χ4v) is 4.73. The zero-order valence-corrected chi connectivity index (χ0v) is 18.3. The van der Waals surface area contributed by atoms with Crippen LogP contribution in [0.15, 0.2) is 41.1 Å². The largest absolute Gasteiger partial charge is 0.494 e. The third-order valence-electron chi connectivity index (χ3n) is 6.38. The maximum Gasteiger partial charge on any atom is 0.247 e. The second kappa shape index (κ2) is 8.83. The molecule has 0 N–H and O–H groups in total. The molecule has 31 heavy (non-hydrogen) atoms. The summed E-state index contributed by atoms with van der Waals surface area (Å²) in [6.45, 7) is 4.57. The van der Waals surface area contributed by atoms with Gasteiger partial charge in [-0.2, -0.15) is 0 Å². The number of halogens is 1. The summed E-state index contributed by atoms with van der Waals surface area (Å²) >= 11 is 5.89. The van der Waals surface area contributed by atoms with E-state index in [0.29, 0.717) is 16.8 Å². The van der Waals surface area contributed by atoms with Crippen molar-refractivity contribution in [2.24, 2.45) is 17.8 Å². The molecule has 2 aliphatic rings. The van der Waals surface area contributed by atoms with E-state index in [2.05, 4.69) is 25.1 Å². The van der Waals surface area contributed by atoms with Crippen molar-refractivity contribution in [2.75, 3.05) is 24.6 Å². The van der Waals surface area contributed by atoms with Gasteiger partial charge in [-0.25, -0.2) is 9.97 Å². The first-order valence-electron chi connectivity index (χ1n) is 10.9. The average Bonchev–Trinajstić information content (AvgIpc) is 3.44. The monoisotopic (exact) mass is 439 g/mol. The first-order valence-corrected chi connectivity index (χ1v) is 11.3. The molecule has 3 aromatic rings. The highest BCUT2D eigenvalue weighted by Crippen LogP contribution is 2.49. The van der Waals surface area contributed by atoms with E-state index < -0.39 is 0 Å². The summed E-state index contributed by atoms with van der Waals surface area (Å²) in [6, 6.07) is 7.86. The van der Waals surface area contributed by atoms with Gasteiger partial charge in [-0.1, -0.05) is 17.7 Å². The maximum absolute atomic E-state index is 6.02. The first-order chi connectivity index (χ1) is 15.2. The van der Waals surface area contributed by atoms with Crippen LogP contribution in [-0.4, -0.2) is 39.9 Å². The number of ether oxygens (including phenoxy) is 1. The molecule has 0 bridgehead atoms. The minimum absolute atomic E-state index is 0.528. The van der Waals surface area contributed by atoms with E-state index in [0.717, 1.165) is 61.1 Å². The number of nitrogens with zero attached hydrogens (tertiary/aromatic N) is 5. The van der Waals surface area contributed by atoms with E-state index in [4.69, 9.17) is 20.8 Å². The molecule has 1 saturated heterocycles. The SMILES string of the molecule is Cc1nnc(-c2cccc(OCCC3CC3C3CCN(c4ncc(Cl)cn4)CC3)c2)o1. The Morgan fingerprint density at radius 3 is 2.71 bits per heavy atom. The fourth-order valence-electron chi connectivity index (χ4n) is 4.64. The van der Waals surface area contributed by atoms with Gasteiger partial charge in [0.25, 0.3) is 0 Å². The van der Waals surface area contributed by atoms with E-state index in [9.17, 15) is 0 Å². The Labute approximate surface area is 186 Å². The molecular weight excluding hydrogens is 414 g/mol. The number of benzene rings is 1. The van der Waals surface area contributed by atoms with Gasteiger partial charge in [0.05, 0.1) is 24.0 Å². The molecule has 0 amide bonds. The standard InChI is InChI=1S/C23H26ClN5O2/c1-15-27-28-22(31-15)18-3-2-4-20(11-18)30-10-7-17-12-21(17)16-5-8-29(9-6-16)23-25-13-19(24)14-26-23/h2-4,11,13-14,16-17,21H,5-10,12H2,1H3. The van der Waals surface area contributed by atoms with Gasteiger partial charge in [-0.05, 0) is 61.6 Å². The van der Waals surface area contributed by atoms with Crippen molar-refractivity contribution >= 4 is 17.5 Å². The Bertz CT molecular complexity index is 1020. The minimum Gasteiger partial charge on any atom is -0.494 e. The Kier molecular flexibility index (Phi) is 5.76. The Hall–Kier alpha value is -2.67. The Balaban J connectivity index is 1.06. The molecule has 2 fully saturated rings. The lowest BCUT2D eigenvalue weighted by Gasteiger charge is -2.32. The molecule has 8 heteroatoms. The third-order valence-corrected chi connectivity index (χ3v) is 6.57. The summed E-state index contributed by atoms with van der Waals surface area (Å²) in [5.74, 6) is 5.16.